The number of nitrogens with one attached hydrogen (secondary N) is 3. The molecule has 3 aromatic carbocycles. The van der Waals surface area contributed by atoms with Gasteiger partial charge in [-0.05, 0) is 35.9 Å². The van der Waals surface area contributed by atoms with E-state index in [9.17, 15) is 4.79 Å². The average Bonchev–Trinajstić information content (AvgIpc) is 2.68. The maximum atomic E-state index is 12.6. The van der Waals surface area contributed by atoms with Crippen molar-refractivity contribution in [2.45, 2.75) is 0 Å². The van der Waals surface area contributed by atoms with Crippen LogP contribution in [0.4, 0.5) is 17.1 Å². The molecule has 25 heavy (non-hydrogen) atoms. The molecular formula is C21H21N3O. The zero-order valence-electron chi connectivity index (χ0n) is 14.3. The number of hydrogen-bond donors (Lipinski definition) is 3. The van der Waals surface area contributed by atoms with Crippen LogP contribution >= 0.6 is 0 Å². The van der Waals surface area contributed by atoms with Gasteiger partial charge in [0.2, 0.25) is 0 Å². The van der Waals surface area contributed by atoms with Crippen LogP contribution in [0.1, 0.15) is 10.4 Å². The summed E-state index contributed by atoms with van der Waals surface area (Å²) in [6.45, 7) is 0. The topological polar surface area (TPSA) is 53.2 Å². The van der Waals surface area contributed by atoms with Crippen molar-refractivity contribution in [2.24, 2.45) is 0 Å². The number of amides is 1. The lowest BCUT2D eigenvalue weighted by atomic mass is 10.0. The van der Waals surface area contributed by atoms with Gasteiger partial charge in [-0.25, -0.2) is 0 Å². The fourth-order valence-electron chi connectivity index (χ4n) is 2.81. The average molecular weight is 331 g/mol. The van der Waals surface area contributed by atoms with Gasteiger partial charge in [0.15, 0.2) is 0 Å². The van der Waals surface area contributed by atoms with Gasteiger partial charge in [0.05, 0.1) is 5.56 Å². The Morgan fingerprint density at radius 3 is 2.20 bits per heavy atom. The fourth-order valence-corrected chi connectivity index (χ4v) is 2.81. The van der Waals surface area contributed by atoms with Crippen molar-refractivity contribution in [2.75, 3.05) is 30.0 Å². The summed E-state index contributed by atoms with van der Waals surface area (Å²) in [6, 6.07) is 23.4. The van der Waals surface area contributed by atoms with E-state index in [2.05, 4.69) is 22.0 Å². The molecule has 0 atom stereocenters. The van der Waals surface area contributed by atoms with Gasteiger partial charge >= 0.3 is 0 Å². The lowest BCUT2D eigenvalue weighted by Crippen LogP contribution is -2.13. The summed E-state index contributed by atoms with van der Waals surface area (Å²) >= 11 is 0. The number of para-hydroxylation sites is 2. The summed E-state index contributed by atoms with van der Waals surface area (Å²) in [5, 5.41) is 9.23. The van der Waals surface area contributed by atoms with E-state index in [4.69, 9.17) is 0 Å². The van der Waals surface area contributed by atoms with Crippen molar-refractivity contribution in [3.05, 3.63) is 78.4 Å². The van der Waals surface area contributed by atoms with Crippen LogP contribution in [0.15, 0.2) is 72.8 Å². The first-order chi connectivity index (χ1) is 12.2. The van der Waals surface area contributed by atoms with Crippen molar-refractivity contribution >= 4 is 23.0 Å². The van der Waals surface area contributed by atoms with Crippen molar-refractivity contribution in [1.29, 1.82) is 0 Å². The molecule has 0 saturated carbocycles. The molecule has 0 heterocycles. The Morgan fingerprint density at radius 2 is 1.44 bits per heavy atom. The highest BCUT2D eigenvalue weighted by Gasteiger charge is 2.11. The first-order valence-corrected chi connectivity index (χ1v) is 8.18. The van der Waals surface area contributed by atoms with Crippen LogP contribution in [0.5, 0.6) is 0 Å². The van der Waals surface area contributed by atoms with Gasteiger partial charge in [-0.2, -0.15) is 0 Å². The van der Waals surface area contributed by atoms with E-state index in [1.165, 1.54) is 0 Å². The second-order valence-corrected chi connectivity index (χ2v) is 5.63. The highest BCUT2D eigenvalue weighted by Crippen LogP contribution is 2.29. The molecule has 0 unspecified atom stereocenters. The maximum absolute atomic E-state index is 12.6. The van der Waals surface area contributed by atoms with E-state index in [-0.39, 0.29) is 5.91 Å². The van der Waals surface area contributed by atoms with Crippen molar-refractivity contribution in [1.82, 2.24) is 0 Å². The Balaban J connectivity index is 1.88. The monoisotopic (exact) mass is 331 g/mol. The summed E-state index contributed by atoms with van der Waals surface area (Å²) in [7, 11) is 3.71. The zero-order chi connectivity index (χ0) is 17.6. The minimum Gasteiger partial charge on any atom is -0.388 e. The maximum Gasteiger partial charge on any atom is 0.257 e. The Bertz CT molecular complexity index is 890. The molecule has 4 heteroatoms. The Hall–Kier alpha value is -3.27. The minimum absolute atomic E-state index is 0.135. The molecule has 0 radical (unpaired) electrons. The molecule has 0 aromatic heterocycles. The van der Waals surface area contributed by atoms with Crippen LogP contribution in [0.25, 0.3) is 11.1 Å². The van der Waals surface area contributed by atoms with Gasteiger partial charge in [0.1, 0.15) is 0 Å². The molecule has 0 aliphatic carbocycles. The van der Waals surface area contributed by atoms with Gasteiger partial charge in [-0.3, -0.25) is 4.79 Å². The first-order valence-electron chi connectivity index (χ1n) is 8.18. The molecule has 0 saturated heterocycles. The fraction of sp³-hybridized carbons (Fsp3) is 0.0952. The van der Waals surface area contributed by atoms with Gasteiger partial charge in [0.25, 0.3) is 5.91 Å². The van der Waals surface area contributed by atoms with E-state index in [1.54, 1.807) is 13.1 Å². The summed E-state index contributed by atoms with van der Waals surface area (Å²) in [5.41, 5.74) is 5.37. The molecular weight excluding hydrogens is 310 g/mol. The van der Waals surface area contributed by atoms with Gasteiger partial charge in [0, 0.05) is 36.7 Å². The third kappa shape index (κ3) is 3.63. The zero-order valence-corrected chi connectivity index (χ0v) is 14.3. The van der Waals surface area contributed by atoms with E-state index < -0.39 is 0 Å². The van der Waals surface area contributed by atoms with Crippen LogP contribution in [0.3, 0.4) is 0 Å². The molecule has 0 spiro atoms. The highest BCUT2D eigenvalue weighted by molar-refractivity contribution is 6.08. The third-order valence-electron chi connectivity index (χ3n) is 4.07. The number of carbonyl (C=O) groups excluding carboxylic acids is 1. The van der Waals surface area contributed by atoms with Gasteiger partial charge in [-0.1, -0.05) is 42.5 Å². The van der Waals surface area contributed by atoms with E-state index in [0.29, 0.717) is 5.56 Å². The predicted octanol–water partition coefficient (Wildman–Crippen LogP) is 4.69. The standard InChI is InChI=1S/C21H21N3O/c1-22-19-12-5-3-10-17(19)15-8-7-9-16(14-15)24-21(25)18-11-4-6-13-20(18)23-2/h3-14,22-23H,1-2H3,(H,24,25). The molecule has 0 aliphatic heterocycles. The third-order valence-corrected chi connectivity index (χ3v) is 4.07. The largest absolute Gasteiger partial charge is 0.388 e. The SMILES string of the molecule is CNc1ccccc1C(=O)Nc1cccc(-c2ccccc2NC)c1. The summed E-state index contributed by atoms with van der Waals surface area (Å²) in [4.78, 5) is 12.6. The van der Waals surface area contributed by atoms with Gasteiger partial charge in [-0.15, -0.1) is 0 Å². The smallest absolute Gasteiger partial charge is 0.257 e. The Morgan fingerprint density at radius 1 is 0.760 bits per heavy atom. The van der Waals surface area contributed by atoms with Crippen molar-refractivity contribution in [3.63, 3.8) is 0 Å². The quantitative estimate of drug-likeness (QED) is 0.636. The highest BCUT2D eigenvalue weighted by atomic mass is 16.1. The van der Waals surface area contributed by atoms with E-state index in [0.717, 1.165) is 28.2 Å². The lowest BCUT2D eigenvalue weighted by Gasteiger charge is -2.12. The number of benzene rings is 3. The van der Waals surface area contributed by atoms with E-state index >= 15 is 0 Å². The van der Waals surface area contributed by atoms with Crippen molar-refractivity contribution < 1.29 is 4.79 Å². The molecule has 3 rings (SSSR count). The van der Waals surface area contributed by atoms with Crippen LogP contribution < -0.4 is 16.0 Å². The van der Waals surface area contributed by atoms with Crippen LogP contribution in [0.2, 0.25) is 0 Å². The van der Waals surface area contributed by atoms with Crippen molar-refractivity contribution in [3.8, 4) is 11.1 Å². The number of hydrogen-bond acceptors (Lipinski definition) is 3. The summed E-state index contributed by atoms with van der Waals surface area (Å²) in [6.07, 6.45) is 0. The molecule has 0 bridgehead atoms. The van der Waals surface area contributed by atoms with Crippen LogP contribution in [0, 0.1) is 0 Å². The summed E-state index contributed by atoms with van der Waals surface area (Å²) in [5.74, 6) is -0.135. The molecule has 3 N–H and O–H groups in total. The Labute approximate surface area is 147 Å². The lowest BCUT2D eigenvalue weighted by molar-refractivity contribution is 0.102. The number of anilines is 3. The number of carbonyl (C=O) groups is 1. The summed E-state index contributed by atoms with van der Waals surface area (Å²) < 4.78 is 0. The molecule has 3 aromatic rings. The van der Waals surface area contributed by atoms with Crippen LogP contribution in [-0.4, -0.2) is 20.0 Å². The second kappa shape index (κ2) is 7.53. The van der Waals surface area contributed by atoms with E-state index in [1.807, 2.05) is 67.7 Å². The minimum atomic E-state index is -0.135. The molecule has 0 aliphatic rings. The molecule has 1 amide bonds. The number of rotatable bonds is 5. The molecule has 0 fully saturated rings. The van der Waals surface area contributed by atoms with Gasteiger partial charge < -0.3 is 16.0 Å². The van der Waals surface area contributed by atoms with Crippen LogP contribution in [-0.2, 0) is 0 Å². The first kappa shape index (κ1) is 16.6. The Kier molecular flexibility index (Phi) is 5.00. The molecule has 126 valence electrons. The predicted molar refractivity (Wildman–Crippen MR) is 105 cm³/mol. The second-order valence-electron chi connectivity index (χ2n) is 5.63. The molecule has 4 nitrogen and oxygen atoms in total. The normalized spacial score (nSPS) is 10.2.